The molecule has 1 aliphatic carbocycles. The SMILES string of the molecule is CCCOC(=O)CCCSCC[C@H]1C(=O)C[C@@H](O)[C@H]1/C=C/[C@@H](O)Cc1cccc(COC)c1. The first kappa shape index (κ1) is 27.6. The van der Waals surface area contributed by atoms with Crippen molar-refractivity contribution >= 4 is 23.5 Å². The van der Waals surface area contributed by atoms with Crippen LogP contribution in [-0.4, -0.2) is 59.4 Å². The van der Waals surface area contributed by atoms with Crippen LogP contribution in [0, 0.1) is 11.8 Å². The van der Waals surface area contributed by atoms with Gasteiger partial charge in [0.1, 0.15) is 5.78 Å². The lowest BCUT2D eigenvalue weighted by Gasteiger charge is -2.18. The maximum Gasteiger partial charge on any atom is 0.305 e. The summed E-state index contributed by atoms with van der Waals surface area (Å²) in [5, 5.41) is 20.8. The van der Waals surface area contributed by atoms with E-state index in [-0.39, 0.29) is 30.0 Å². The van der Waals surface area contributed by atoms with Gasteiger partial charge in [0.25, 0.3) is 0 Å². The minimum absolute atomic E-state index is 0.0858. The third-order valence-electron chi connectivity index (χ3n) is 5.75. The van der Waals surface area contributed by atoms with Crippen LogP contribution in [0.15, 0.2) is 36.4 Å². The van der Waals surface area contributed by atoms with E-state index in [9.17, 15) is 19.8 Å². The van der Waals surface area contributed by atoms with Crippen molar-refractivity contribution in [2.75, 3.05) is 25.2 Å². The van der Waals surface area contributed by atoms with Crippen LogP contribution in [-0.2, 0) is 32.1 Å². The van der Waals surface area contributed by atoms with Crippen molar-refractivity contribution in [1.29, 1.82) is 0 Å². The first-order valence-electron chi connectivity index (χ1n) is 11.8. The number of aliphatic hydroxyl groups is 2. The smallest absolute Gasteiger partial charge is 0.305 e. The summed E-state index contributed by atoms with van der Waals surface area (Å²) in [7, 11) is 1.65. The predicted octanol–water partition coefficient (Wildman–Crippen LogP) is 3.72. The second-order valence-electron chi connectivity index (χ2n) is 8.56. The summed E-state index contributed by atoms with van der Waals surface area (Å²) in [6, 6.07) is 7.91. The van der Waals surface area contributed by atoms with Crippen molar-refractivity contribution in [1.82, 2.24) is 0 Å². The Kier molecular flexibility index (Phi) is 12.8. The van der Waals surface area contributed by atoms with Crippen molar-refractivity contribution in [2.45, 2.75) is 64.3 Å². The Labute approximate surface area is 201 Å². The van der Waals surface area contributed by atoms with Gasteiger partial charge in [-0.15, -0.1) is 0 Å². The maximum atomic E-state index is 12.4. The number of thioether (sulfide) groups is 1. The van der Waals surface area contributed by atoms with Crippen LogP contribution in [0.25, 0.3) is 0 Å². The van der Waals surface area contributed by atoms with E-state index in [1.165, 1.54) is 0 Å². The average Bonchev–Trinajstić information content (AvgIpc) is 3.05. The minimum atomic E-state index is -0.700. The number of benzene rings is 1. The molecule has 1 fully saturated rings. The van der Waals surface area contributed by atoms with Gasteiger partial charge in [0.2, 0.25) is 0 Å². The van der Waals surface area contributed by atoms with Gasteiger partial charge < -0.3 is 19.7 Å². The molecule has 2 rings (SSSR count). The number of hydrogen-bond donors (Lipinski definition) is 2. The molecular formula is C26H38O6S. The number of hydrogen-bond acceptors (Lipinski definition) is 7. The Morgan fingerprint density at radius 3 is 2.85 bits per heavy atom. The minimum Gasteiger partial charge on any atom is -0.466 e. The Morgan fingerprint density at radius 2 is 2.09 bits per heavy atom. The molecule has 0 spiro atoms. The first-order valence-corrected chi connectivity index (χ1v) is 13.0. The van der Waals surface area contributed by atoms with E-state index < -0.39 is 12.2 Å². The van der Waals surface area contributed by atoms with E-state index in [0.29, 0.717) is 32.5 Å². The molecule has 33 heavy (non-hydrogen) atoms. The van der Waals surface area contributed by atoms with E-state index in [4.69, 9.17) is 9.47 Å². The van der Waals surface area contributed by atoms with E-state index in [0.717, 1.165) is 35.5 Å². The highest BCUT2D eigenvalue weighted by Gasteiger charge is 2.39. The lowest BCUT2D eigenvalue weighted by atomic mass is 9.91. The lowest BCUT2D eigenvalue weighted by Crippen LogP contribution is -2.20. The van der Waals surface area contributed by atoms with Gasteiger partial charge >= 0.3 is 5.97 Å². The fourth-order valence-electron chi connectivity index (χ4n) is 4.09. The summed E-state index contributed by atoms with van der Waals surface area (Å²) in [4.78, 5) is 23.9. The van der Waals surface area contributed by atoms with Gasteiger partial charge in [-0.05, 0) is 41.9 Å². The molecule has 0 aliphatic heterocycles. The quantitative estimate of drug-likeness (QED) is 0.225. The summed E-state index contributed by atoms with van der Waals surface area (Å²) >= 11 is 1.72. The zero-order valence-corrected chi connectivity index (χ0v) is 20.6. The highest BCUT2D eigenvalue weighted by atomic mass is 32.2. The van der Waals surface area contributed by atoms with Crippen LogP contribution in [0.2, 0.25) is 0 Å². The molecule has 0 aromatic heterocycles. The van der Waals surface area contributed by atoms with Gasteiger partial charge in [-0.1, -0.05) is 43.3 Å². The van der Waals surface area contributed by atoms with Crippen LogP contribution >= 0.6 is 11.8 Å². The predicted molar refractivity (Wildman–Crippen MR) is 131 cm³/mol. The van der Waals surface area contributed by atoms with Gasteiger partial charge in [0.15, 0.2) is 0 Å². The van der Waals surface area contributed by atoms with Gasteiger partial charge in [-0.25, -0.2) is 0 Å². The first-order chi connectivity index (χ1) is 15.9. The molecule has 1 aromatic rings. The van der Waals surface area contributed by atoms with E-state index in [2.05, 4.69) is 0 Å². The fraction of sp³-hybridized carbons (Fsp3) is 0.615. The summed E-state index contributed by atoms with van der Waals surface area (Å²) in [6.07, 6.45) is 5.47. The van der Waals surface area contributed by atoms with Crippen LogP contribution in [0.4, 0.5) is 0 Å². The van der Waals surface area contributed by atoms with Crippen molar-refractivity contribution in [3.8, 4) is 0 Å². The second-order valence-corrected chi connectivity index (χ2v) is 9.78. The monoisotopic (exact) mass is 478 g/mol. The number of aliphatic hydroxyl groups excluding tert-OH is 2. The molecule has 7 heteroatoms. The fourth-order valence-corrected chi connectivity index (χ4v) is 5.06. The van der Waals surface area contributed by atoms with Gasteiger partial charge in [-0.3, -0.25) is 9.59 Å². The Balaban J connectivity index is 1.78. The lowest BCUT2D eigenvalue weighted by molar-refractivity contribution is -0.143. The largest absolute Gasteiger partial charge is 0.466 e. The third-order valence-corrected chi connectivity index (χ3v) is 6.85. The number of esters is 1. The molecule has 0 bridgehead atoms. The Morgan fingerprint density at radius 1 is 1.30 bits per heavy atom. The van der Waals surface area contributed by atoms with Crippen molar-refractivity contribution in [3.05, 3.63) is 47.5 Å². The molecule has 0 unspecified atom stereocenters. The van der Waals surface area contributed by atoms with Gasteiger partial charge in [0, 0.05) is 38.2 Å². The number of methoxy groups -OCH3 is 1. The van der Waals surface area contributed by atoms with Gasteiger partial charge in [0.05, 0.1) is 25.4 Å². The Bertz CT molecular complexity index is 765. The normalized spacial score (nSPS) is 21.6. The number of carbonyl (C=O) groups is 2. The molecule has 0 saturated heterocycles. The van der Waals surface area contributed by atoms with E-state index >= 15 is 0 Å². The van der Waals surface area contributed by atoms with E-state index in [1.54, 1.807) is 24.9 Å². The summed E-state index contributed by atoms with van der Waals surface area (Å²) in [5.74, 6) is 1.08. The zero-order valence-electron chi connectivity index (χ0n) is 19.8. The standard InChI is InChI=1S/C26H38O6S/c1-3-12-32-26(30)8-5-13-33-14-11-23-22(24(28)17-25(23)29)10-9-21(27)16-19-6-4-7-20(15-19)18-31-2/h4,6-7,9-10,15,21-24,27-28H,3,5,8,11-14,16-18H2,1-2H3/b10-9+/t21-,22+,23-,24-/m1/s1. The number of ether oxygens (including phenoxy) is 2. The Hall–Kier alpha value is -1.67. The van der Waals surface area contributed by atoms with Crippen LogP contribution in [0.1, 0.15) is 50.2 Å². The summed E-state index contributed by atoms with van der Waals surface area (Å²) in [5.41, 5.74) is 2.06. The average molecular weight is 479 g/mol. The van der Waals surface area contributed by atoms with Crippen molar-refractivity contribution in [3.63, 3.8) is 0 Å². The molecule has 6 nitrogen and oxygen atoms in total. The molecule has 2 N–H and O–H groups in total. The molecule has 0 amide bonds. The number of ketones is 1. The molecule has 0 radical (unpaired) electrons. The van der Waals surface area contributed by atoms with Crippen LogP contribution < -0.4 is 0 Å². The zero-order chi connectivity index (χ0) is 24.1. The topological polar surface area (TPSA) is 93.1 Å². The summed E-state index contributed by atoms with van der Waals surface area (Å²) in [6.45, 7) is 2.97. The molecule has 4 atom stereocenters. The molecule has 1 aromatic carbocycles. The van der Waals surface area contributed by atoms with Crippen LogP contribution in [0.5, 0.6) is 0 Å². The third kappa shape index (κ3) is 10.0. The highest BCUT2D eigenvalue weighted by Crippen LogP contribution is 2.34. The number of Topliss-reactive ketones (excluding diaryl/α,β-unsaturated/α-hetero) is 1. The highest BCUT2D eigenvalue weighted by molar-refractivity contribution is 7.99. The summed E-state index contributed by atoms with van der Waals surface area (Å²) < 4.78 is 10.2. The maximum absolute atomic E-state index is 12.4. The van der Waals surface area contributed by atoms with Crippen molar-refractivity contribution in [2.24, 2.45) is 11.8 Å². The van der Waals surface area contributed by atoms with Crippen LogP contribution in [0.3, 0.4) is 0 Å². The number of rotatable bonds is 15. The molecular weight excluding hydrogens is 440 g/mol. The molecule has 184 valence electrons. The molecule has 1 aliphatic rings. The second kappa shape index (κ2) is 15.3. The van der Waals surface area contributed by atoms with Crippen molar-refractivity contribution < 1.29 is 29.3 Å². The molecule has 1 saturated carbocycles. The number of carbonyl (C=O) groups excluding carboxylic acids is 2. The molecule has 0 heterocycles. The van der Waals surface area contributed by atoms with Gasteiger partial charge in [-0.2, -0.15) is 11.8 Å². The van der Waals surface area contributed by atoms with E-state index in [1.807, 2.05) is 37.3 Å².